The van der Waals surface area contributed by atoms with Crippen molar-refractivity contribution in [3.05, 3.63) is 65.6 Å². The number of hydrogen-bond acceptors (Lipinski definition) is 2. The Bertz CT molecular complexity index is 858. The summed E-state index contributed by atoms with van der Waals surface area (Å²) in [6.07, 6.45) is 1.70. The molecule has 1 N–H and O–H groups in total. The minimum atomic E-state index is -0.533. The maximum absolute atomic E-state index is 13.7. The molecule has 0 unspecified atom stereocenters. The van der Waals surface area contributed by atoms with E-state index in [9.17, 15) is 13.6 Å². The Morgan fingerprint density at radius 1 is 1.23 bits per heavy atom. The topological polar surface area (TPSA) is 46.4 Å². The number of nitrogens with one attached hydrogen (secondary N) is 1. The maximum atomic E-state index is 13.7. The van der Waals surface area contributed by atoms with E-state index in [-0.39, 0.29) is 11.4 Å². The standard InChI is InChI=1S/C16H13F2N3O/c1-2-12-15(21-9-10(17)7-8-14(21)19-12)16(22)20-13-6-4-3-5-11(13)18/h3-9H,2H2,1H3,(H,20,22). The highest BCUT2D eigenvalue weighted by Crippen LogP contribution is 2.18. The van der Waals surface area contributed by atoms with Gasteiger partial charge in [-0.2, -0.15) is 0 Å². The summed E-state index contributed by atoms with van der Waals surface area (Å²) in [6, 6.07) is 8.64. The summed E-state index contributed by atoms with van der Waals surface area (Å²) in [5.41, 5.74) is 1.28. The van der Waals surface area contributed by atoms with Crippen molar-refractivity contribution in [3.63, 3.8) is 0 Å². The number of para-hydroxylation sites is 1. The van der Waals surface area contributed by atoms with Crippen molar-refractivity contribution >= 4 is 17.2 Å². The highest BCUT2D eigenvalue weighted by molar-refractivity contribution is 6.04. The zero-order chi connectivity index (χ0) is 15.7. The van der Waals surface area contributed by atoms with E-state index in [1.54, 1.807) is 6.07 Å². The van der Waals surface area contributed by atoms with Gasteiger partial charge in [0.15, 0.2) is 0 Å². The molecule has 0 bridgehead atoms. The molecule has 1 amide bonds. The van der Waals surface area contributed by atoms with Crippen LogP contribution in [-0.4, -0.2) is 15.3 Å². The van der Waals surface area contributed by atoms with Crippen LogP contribution < -0.4 is 5.32 Å². The fourth-order valence-electron chi connectivity index (χ4n) is 2.30. The molecule has 2 aromatic heterocycles. The van der Waals surface area contributed by atoms with Gasteiger partial charge in [0.2, 0.25) is 0 Å². The molecular weight excluding hydrogens is 288 g/mol. The van der Waals surface area contributed by atoms with Crippen LogP contribution in [0.3, 0.4) is 0 Å². The van der Waals surface area contributed by atoms with Gasteiger partial charge in [0.25, 0.3) is 5.91 Å². The second-order valence-electron chi connectivity index (χ2n) is 4.77. The molecule has 22 heavy (non-hydrogen) atoms. The normalized spacial score (nSPS) is 10.9. The summed E-state index contributed by atoms with van der Waals surface area (Å²) in [5, 5.41) is 2.50. The monoisotopic (exact) mass is 301 g/mol. The van der Waals surface area contributed by atoms with Crippen molar-refractivity contribution in [1.82, 2.24) is 9.38 Å². The van der Waals surface area contributed by atoms with Gasteiger partial charge >= 0.3 is 0 Å². The summed E-state index contributed by atoms with van der Waals surface area (Å²) in [5.74, 6) is -1.54. The Labute approximate surface area is 125 Å². The molecule has 0 fully saturated rings. The smallest absolute Gasteiger partial charge is 0.274 e. The third kappa shape index (κ3) is 2.43. The number of amides is 1. The van der Waals surface area contributed by atoms with Crippen LogP contribution in [0.4, 0.5) is 14.5 Å². The zero-order valence-electron chi connectivity index (χ0n) is 11.8. The summed E-state index contributed by atoms with van der Waals surface area (Å²) in [4.78, 5) is 16.8. The van der Waals surface area contributed by atoms with Crippen LogP contribution in [0.1, 0.15) is 23.1 Å². The molecule has 0 spiro atoms. The molecule has 112 valence electrons. The van der Waals surface area contributed by atoms with E-state index in [0.29, 0.717) is 17.8 Å². The van der Waals surface area contributed by atoms with Gasteiger partial charge in [0, 0.05) is 6.20 Å². The Kier molecular flexibility index (Phi) is 3.58. The number of pyridine rings is 1. The van der Waals surface area contributed by atoms with E-state index in [4.69, 9.17) is 0 Å². The molecule has 0 atom stereocenters. The van der Waals surface area contributed by atoms with Crippen LogP contribution in [0.2, 0.25) is 0 Å². The van der Waals surface area contributed by atoms with E-state index < -0.39 is 17.5 Å². The van der Waals surface area contributed by atoms with Crippen LogP contribution in [0.15, 0.2) is 42.6 Å². The van der Waals surface area contributed by atoms with Gasteiger partial charge in [0.05, 0.1) is 11.4 Å². The summed E-state index contributed by atoms with van der Waals surface area (Å²) in [6.45, 7) is 1.85. The van der Waals surface area contributed by atoms with Crippen LogP contribution in [-0.2, 0) is 6.42 Å². The first-order valence-electron chi connectivity index (χ1n) is 6.82. The fraction of sp³-hybridized carbons (Fsp3) is 0.125. The SMILES string of the molecule is CCc1nc2ccc(F)cn2c1C(=O)Nc1ccccc1F. The molecule has 6 heteroatoms. The van der Waals surface area contributed by atoms with Crippen LogP contribution >= 0.6 is 0 Å². The lowest BCUT2D eigenvalue weighted by Gasteiger charge is -2.07. The average molecular weight is 301 g/mol. The van der Waals surface area contributed by atoms with E-state index in [0.717, 1.165) is 0 Å². The molecule has 3 rings (SSSR count). The van der Waals surface area contributed by atoms with Gasteiger partial charge in [-0.1, -0.05) is 19.1 Å². The Balaban J connectivity index is 2.06. The predicted molar refractivity (Wildman–Crippen MR) is 78.9 cm³/mol. The average Bonchev–Trinajstić information content (AvgIpc) is 2.87. The molecular formula is C16H13F2N3O. The molecule has 0 saturated heterocycles. The Hall–Kier alpha value is -2.76. The van der Waals surface area contributed by atoms with Crippen molar-refractivity contribution in [2.45, 2.75) is 13.3 Å². The first-order valence-corrected chi connectivity index (χ1v) is 6.82. The number of carbonyl (C=O) groups excluding carboxylic acids is 1. The number of aryl methyl sites for hydroxylation is 1. The minimum Gasteiger partial charge on any atom is -0.318 e. The van der Waals surface area contributed by atoms with E-state index >= 15 is 0 Å². The Morgan fingerprint density at radius 3 is 2.73 bits per heavy atom. The molecule has 0 saturated carbocycles. The minimum absolute atomic E-state index is 0.0703. The van der Waals surface area contributed by atoms with E-state index in [1.165, 1.54) is 40.9 Å². The highest BCUT2D eigenvalue weighted by atomic mass is 19.1. The van der Waals surface area contributed by atoms with Crippen molar-refractivity contribution in [2.24, 2.45) is 0 Å². The lowest BCUT2D eigenvalue weighted by molar-refractivity contribution is 0.102. The second-order valence-corrected chi connectivity index (χ2v) is 4.77. The van der Waals surface area contributed by atoms with Crippen molar-refractivity contribution < 1.29 is 13.6 Å². The van der Waals surface area contributed by atoms with Gasteiger partial charge in [0.1, 0.15) is 23.0 Å². The number of carbonyl (C=O) groups is 1. The second kappa shape index (κ2) is 5.55. The lowest BCUT2D eigenvalue weighted by Crippen LogP contribution is -2.17. The number of nitrogens with zero attached hydrogens (tertiary/aromatic N) is 2. The lowest BCUT2D eigenvalue weighted by atomic mass is 10.2. The van der Waals surface area contributed by atoms with E-state index in [2.05, 4.69) is 10.3 Å². The summed E-state index contributed by atoms with van der Waals surface area (Å²) < 4.78 is 28.5. The number of aromatic nitrogens is 2. The molecule has 0 aliphatic carbocycles. The third-order valence-corrected chi connectivity index (χ3v) is 3.33. The number of anilines is 1. The quantitative estimate of drug-likeness (QED) is 0.805. The number of fused-ring (bicyclic) bond motifs is 1. The van der Waals surface area contributed by atoms with Crippen molar-refractivity contribution in [3.8, 4) is 0 Å². The van der Waals surface area contributed by atoms with Gasteiger partial charge in [-0.3, -0.25) is 9.20 Å². The summed E-state index contributed by atoms with van der Waals surface area (Å²) in [7, 11) is 0. The number of benzene rings is 1. The molecule has 1 aromatic carbocycles. The van der Waals surface area contributed by atoms with Gasteiger partial charge in [-0.15, -0.1) is 0 Å². The Morgan fingerprint density at radius 2 is 2.00 bits per heavy atom. The van der Waals surface area contributed by atoms with Crippen LogP contribution in [0.5, 0.6) is 0 Å². The first-order chi connectivity index (χ1) is 10.6. The van der Waals surface area contributed by atoms with Gasteiger partial charge < -0.3 is 5.32 Å². The highest BCUT2D eigenvalue weighted by Gasteiger charge is 2.19. The summed E-state index contributed by atoms with van der Waals surface area (Å²) >= 11 is 0. The molecule has 0 radical (unpaired) electrons. The molecule has 2 heterocycles. The van der Waals surface area contributed by atoms with Crippen LogP contribution in [0, 0.1) is 11.6 Å². The number of rotatable bonds is 3. The number of halogens is 2. The number of hydrogen-bond donors (Lipinski definition) is 1. The van der Waals surface area contributed by atoms with Gasteiger partial charge in [-0.25, -0.2) is 13.8 Å². The largest absolute Gasteiger partial charge is 0.318 e. The fourth-order valence-corrected chi connectivity index (χ4v) is 2.30. The molecule has 0 aliphatic rings. The van der Waals surface area contributed by atoms with E-state index in [1.807, 2.05) is 6.92 Å². The third-order valence-electron chi connectivity index (χ3n) is 3.33. The van der Waals surface area contributed by atoms with Crippen molar-refractivity contribution in [2.75, 3.05) is 5.32 Å². The molecule has 0 aliphatic heterocycles. The molecule has 3 aromatic rings. The molecule has 4 nitrogen and oxygen atoms in total. The first kappa shape index (κ1) is 14.2. The predicted octanol–water partition coefficient (Wildman–Crippen LogP) is 3.43. The van der Waals surface area contributed by atoms with Crippen molar-refractivity contribution in [1.29, 1.82) is 0 Å². The maximum Gasteiger partial charge on any atom is 0.274 e. The number of imidazole rings is 1. The zero-order valence-corrected chi connectivity index (χ0v) is 11.8. The van der Waals surface area contributed by atoms with Gasteiger partial charge in [-0.05, 0) is 30.7 Å². The van der Waals surface area contributed by atoms with Crippen LogP contribution in [0.25, 0.3) is 5.65 Å².